The van der Waals surface area contributed by atoms with Crippen molar-refractivity contribution in [2.75, 3.05) is 19.0 Å². The van der Waals surface area contributed by atoms with Crippen molar-refractivity contribution in [2.24, 2.45) is 10.7 Å². The van der Waals surface area contributed by atoms with Crippen LogP contribution in [0.25, 0.3) is 0 Å². The number of hydrogen-bond acceptors (Lipinski definition) is 4. The van der Waals surface area contributed by atoms with Crippen molar-refractivity contribution in [1.29, 1.82) is 0 Å². The molecule has 1 heterocycles. The van der Waals surface area contributed by atoms with Gasteiger partial charge in [0.2, 0.25) is 0 Å². The van der Waals surface area contributed by atoms with E-state index >= 15 is 0 Å². The van der Waals surface area contributed by atoms with Gasteiger partial charge in [0.05, 0.1) is 23.5 Å². The Bertz CT molecular complexity index is 615. The molecule has 0 amide bonds. The molecule has 0 unspecified atom stereocenters. The number of hydrogen-bond donors (Lipinski definition) is 2. The molecule has 0 aliphatic carbocycles. The van der Waals surface area contributed by atoms with Gasteiger partial charge in [-0.1, -0.05) is 19.1 Å². The molecular formula is C15H21IN4OS. The molecular weight excluding hydrogens is 411 g/mol. The van der Waals surface area contributed by atoms with Crippen molar-refractivity contribution in [3.8, 4) is 5.75 Å². The number of halogens is 1. The highest BCUT2D eigenvalue weighted by Gasteiger charge is 2.03. The number of para-hydroxylation sites is 2. The maximum atomic E-state index is 5.89. The molecule has 120 valence electrons. The fourth-order valence-electron chi connectivity index (χ4n) is 1.84. The van der Waals surface area contributed by atoms with Crippen LogP contribution in [-0.2, 0) is 12.8 Å². The van der Waals surface area contributed by atoms with E-state index in [0.29, 0.717) is 12.5 Å². The van der Waals surface area contributed by atoms with Crippen molar-refractivity contribution < 1.29 is 4.74 Å². The molecule has 0 bridgehead atoms. The second kappa shape index (κ2) is 9.62. The highest BCUT2D eigenvalue weighted by atomic mass is 127. The smallest absolute Gasteiger partial charge is 0.193 e. The Labute approximate surface area is 152 Å². The molecule has 0 radical (unpaired) electrons. The molecule has 0 spiro atoms. The summed E-state index contributed by atoms with van der Waals surface area (Å²) in [6.07, 6.45) is 1.77. The van der Waals surface area contributed by atoms with Gasteiger partial charge < -0.3 is 15.8 Å². The number of benzene rings is 1. The first-order chi connectivity index (χ1) is 10.2. The molecule has 0 aliphatic rings. The minimum Gasteiger partial charge on any atom is -0.495 e. The third-order valence-electron chi connectivity index (χ3n) is 2.92. The first-order valence-electron chi connectivity index (χ1n) is 6.86. The van der Waals surface area contributed by atoms with E-state index in [1.165, 1.54) is 0 Å². The monoisotopic (exact) mass is 432 g/mol. The molecule has 1 aromatic heterocycles. The minimum atomic E-state index is 0. The highest BCUT2D eigenvalue weighted by Crippen LogP contribution is 2.22. The maximum absolute atomic E-state index is 5.89. The minimum absolute atomic E-state index is 0. The summed E-state index contributed by atoms with van der Waals surface area (Å²) < 4.78 is 5.25. The lowest BCUT2D eigenvalue weighted by molar-refractivity contribution is 0.417. The quantitative estimate of drug-likeness (QED) is 0.418. The van der Waals surface area contributed by atoms with Crippen molar-refractivity contribution >= 4 is 47.0 Å². The molecule has 0 saturated carbocycles. The second-order valence-electron chi connectivity index (χ2n) is 4.43. The molecule has 0 fully saturated rings. The van der Waals surface area contributed by atoms with Gasteiger partial charge in [-0.2, -0.15) is 0 Å². The Kier molecular flexibility index (Phi) is 8.18. The van der Waals surface area contributed by atoms with Crippen LogP contribution in [0.5, 0.6) is 5.75 Å². The van der Waals surface area contributed by atoms with Gasteiger partial charge in [0, 0.05) is 18.3 Å². The summed E-state index contributed by atoms with van der Waals surface area (Å²) in [5.41, 5.74) is 7.77. The second-order valence-corrected chi connectivity index (χ2v) is 5.37. The number of guanidine groups is 1. The molecule has 0 aliphatic heterocycles. The highest BCUT2D eigenvalue weighted by molar-refractivity contribution is 14.0. The predicted octanol–water partition coefficient (Wildman–Crippen LogP) is 3.30. The Morgan fingerprint density at radius 1 is 1.41 bits per heavy atom. The number of nitrogens with one attached hydrogen (secondary N) is 1. The molecule has 2 rings (SSSR count). The van der Waals surface area contributed by atoms with Crippen molar-refractivity contribution in [3.05, 3.63) is 40.3 Å². The number of aromatic nitrogens is 1. The Balaban J connectivity index is 0.00000242. The SMILES string of the molecule is CCc1nc(CCN=C(N)Nc2ccccc2OC)cs1.I. The van der Waals surface area contributed by atoms with Crippen LogP contribution in [0.2, 0.25) is 0 Å². The fourth-order valence-corrected chi connectivity index (χ4v) is 2.62. The van der Waals surface area contributed by atoms with Crippen LogP contribution in [-0.4, -0.2) is 24.6 Å². The summed E-state index contributed by atoms with van der Waals surface area (Å²) in [7, 11) is 1.63. The first kappa shape index (κ1) is 18.7. The lowest BCUT2D eigenvalue weighted by Gasteiger charge is -2.09. The lowest BCUT2D eigenvalue weighted by atomic mass is 10.3. The average molecular weight is 432 g/mol. The summed E-state index contributed by atoms with van der Waals surface area (Å²) in [6.45, 7) is 2.72. The zero-order valence-corrected chi connectivity index (χ0v) is 15.9. The van der Waals surface area contributed by atoms with E-state index in [2.05, 4.69) is 27.6 Å². The zero-order chi connectivity index (χ0) is 15.1. The van der Waals surface area contributed by atoms with Crippen LogP contribution in [0, 0.1) is 0 Å². The predicted molar refractivity (Wildman–Crippen MR) is 104 cm³/mol. The molecule has 5 nitrogen and oxygen atoms in total. The van der Waals surface area contributed by atoms with E-state index in [4.69, 9.17) is 10.5 Å². The van der Waals surface area contributed by atoms with Crippen LogP contribution in [0.15, 0.2) is 34.6 Å². The van der Waals surface area contributed by atoms with E-state index in [1.54, 1.807) is 18.4 Å². The van der Waals surface area contributed by atoms with Crippen molar-refractivity contribution in [1.82, 2.24) is 4.98 Å². The number of thiazole rings is 1. The number of aliphatic imine (C=N–C) groups is 1. The molecule has 1 aromatic carbocycles. The topological polar surface area (TPSA) is 72.5 Å². The van der Waals surface area contributed by atoms with Crippen LogP contribution < -0.4 is 15.8 Å². The van der Waals surface area contributed by atoms with E-state index in [1.807, 2.05) is 24.3 Å². The van der Waals surface area contributed by atoms with Crippen LogP contribution in [0.4, 0.5) is 5.69 Å². The van der Waals surface area contributed by atoms with Gasteiger partial charge >= 0.3 is 0 Å². The number of ether oxygens (including phenoxy) is 1. The van der Waals surface area contributed by atoms with Crippen LogP contribution >= 0.6 is 35.3 Å². The Morgan fingerprint density at radius 3 is 2.86 bits per heavy atom. The Hall–Kier alpha value is -1.35. The van der Waals surface area contributed by atoms with Crippen LogP contribution in [0.3, 0.4) is 0 Å². The van der Waals surface area contributed by atoms with E-state index in [9.17, 15) is 0 Å². The van der Waals surface area contributed by atoms with E-state index in [-0.39, 0.29) is 24.0 Å². The number of anilines is 1. The standard InChI is InChI=1S/C15H20N4OS.HI/c1-3-14-18-11(10-21-14)8-9-17-15(16)19-12-6-4-5-7-13(12)20-2;/h4-7,10H,3,8-9H2,1-2H3,(H3,16,17,19);1H. The molecule has 0 atom stereocenters. The number of nitrogens with two attached hydrogens (primary N) is 1. The van der Waals surface area contributed by atoms with Gasteiger partial charge in [0.15, 0.2) is 5.96 Å². The average Bonchev–Trinajstić information content (AvgIpc) is 2.96. The molecule has 22 heavy (non-hydrogen) atoms. The number of aryl methyl sites for hydroxylation is 1. The maximum Gasteiger partial charge on any atom is 0.193 e. The summed E-state index contributed by atoms with van der Waals surface area (Å²) >= 11 is 1.69. The largest absolute Gasteiger partial charge is 0.495 e. The van der Waals surface area contributed by atoms with Gasteiger partial charge in [-0.15, -0.1) is 35.3 Å². The fraction of sp³-hybridized carbons (Fsp3) is 0.333. The van der Waals surface area contributed by atoms with Crippen LogP contribution in [0.1, 0.15) is 17.6 Å². The molecule has 7 heteroatoms. The normalized spacial score (nSPS) is 10.9. The van der Waals surface area contributed by atoms with Gasteiger partial charge in [-0.3, -0.25) is 4.99 Å². The van der Waals surface area contributed by atoms with Crippen molar-refractivity contribution in [3.63, 3.8) is 0 Å². The third kappa shape index (κ3) is 5.45. The Morgan fingerprint density at radius 2 is 2.18 bits per heavy atom. The zero-order valence-electron chi connectivity index (χ0n) is 12.7. The van der Waals surface area contributed by atoms with Crippen molar-refractivity contribution in [2.45, 2.75) is 19.8 Å². The lowest BCUT2D eigenvalue weighted by Crippen LogP contribution is -2.23. The van der Waals surface area contributed by atoms with Gasteiger partial charge in [0.1, 0.15) is 5.75 Å². The molecule has 3 N–H and O–H groups in total. The van der Waals surface area contributed by atoms with Gasteiger partial charge in [-0.05, 0) is 18.6 Å². The summed E-state index contributed by atoms with van der Waals surface area (Å²) in [6, 6.07) is 7.59. The third-order valence-corrected chi connectivity index (χ3v) is 3.96. The number of methoxy groups -OCH3 is 1. The van der Waals surface area contributed by atoms with E-state index < -0.39 is 0 Å². The summed E-state index contributed by atoms with van der Waals surface area (Å²) in [5, 5.41) is 6.29. The number of rotatable bonds is 6. The van der Waals surface area contributed by atoms with E-state index in [0.717, 1.165) is 35.0 Å². The number of nitrogens with zero attached hydrogens (tertiary/aromatic N) is 2. The molecule has 2 aromatic rings. The molecule has 0 saturated heterocycles. The summed E-state index contributed by atoms with van der Waals surface area (Å²) in [4.78, 5) is 8.82. The van der Waals surface area contributed by atoms with Gasteiger partial charge in [-0.25, -0.2) is 4.98 Å². The summed E-state index contributed by atoms with van der Waals surface area (Å²) in [5.74, 6) is 1.12. The van der Waals surface area contributed by atoms with Gasteiger partial charge in [0.25, 0.3) is 0 Å². The first-order valence-corrected chi connectivity index (χ1v) is 7.74.